The van der Waals surface area contributed by atoms with Crippen LogP contribution < -0.4 is 0 Å². The fourth-order valence-corrected chi connectivity index (χ4v) is 3.93. The summed E-state index contributed by atoms with van der Waals surface area (Å²) in [5.74, 6) is 0.140. The number of fused-ring (bicyclic) bond motifs is 3. The van der Waals surface area contributed by atoms with Gasteiger partial charge >= 0.3 is 5.97 Å². The van der Waals surface area contributed by atoms with Crippen LogP contribution >= 0.6 is 0 Å². The van der Waals surface area contributed by atoms with Crippen molar-refractivity contribution in [3.63, 3.8) is 0 Å². The fraction of sp³-hybridized carbons (Fsp3) is 0.923. The Labute approximate surface area is 103 Å². The van der Waals surface area contributed by atoms with Gasteiger partial charge < -0.3 is 10.0 Å². The molecule has 4 saturated heterocycles. The molecule has 0 amide bonds. The Morgan fingerprint density at radius 1 is 1.06 bits per heavy atom. The normalized spacial score (nSPS) is 42.6. The molecule has 1 N–H and O–H groups in total. The van der Waals surface area contributed by atoms with Crippen molar-refractivity contribution in [1.29, 1.82) is 0 Å². The molecule has 0 aromatic heterocycles. The van der Waals surface area contributed by atoms with Crippen LogP contribution in [0.4, 0.5) is 0 Å². The van der Waals surface area contributed by atoms with Crippen molar-refractivity contribution in [2.75, 3.05) is 26.2 Å². The average Bonchev–Trinajstić information content (AvgIpc) is 2.40. The molecule has 4 heterocycles. The molecule has 0 saturated carbocycles. The van der Waals surface area contributed by atoms with Crippen LogP contribution in [0.3, 0.4) is 0 Å². The third kappa shape index (κ3) is 2.08. The Hall–Kier alpha value is -0.610. The van der Waals surface area contributed by atoms with Gasteiger partial charge in [0.1, 0.15) is 6.04 Å². The van der Waals surface area contributed by atoms with Crippen LogP contribution in [-0.2, 0) is 4.79 Å². The molecule has 4 fully saturated rings. The summed E-state index contributed by atoms with van der Waals surface area (Å²) in [6.07, 6.45) is 5.64. The van der Waals surface area contributed by atoms with E-state index < -0.39 is 5.97 Å². The summed E-state index contributed by atoms with van der Waals surface area (Å²) in [6.45, 7) is 4.56. The van der Waals surface area contributed by atoms with Crippen molar-refractivity contribution in [3.8, 4) is 0 Å². The molecular weight excluding hydrogens is 216 g/mol. The van der Waals surface area contributed by atoms with Gasteiger partial charge in [0.05, 0.1) is 0 Å². The first kappa shape index (κ1) is 11.5. The number of nitrogens with zero attached hydrogens (tertiary/aromatic N) is 2. The summed E-state index contributed by atoms with van der Waals surface area (Å²) in [6, 6.07) is 0.299. The molecule has 4 nitrogen and oxygen atoms in total. The largest absolute Gasteiger partial charge is 0.480 e. The molecule has 0 aromatic rings. The number of likely N-dealkylation sites (tertiary alicyclic amines) is 1. The van der Waals surface area contributed by atoms with Crippen molar-refractivity contribution in [2.24, 2.45) is 5.92 Å². The van der Waals surface area contributed by atoms with Gasteiger partial charge in [-0.25, -0.2) is 0 Å². The topological polar surface area (TPSA) is 43.8 Å². The molecular formula is C13H22N2O2. The van der Waals surface area contributed by atoms with Gasteiger partial charge in [-0.15, -0.1) is 0 Å². The summed E-state index contributed by atoms with van der Waals surface area (Å²) >= 11 is 0. The maximum absolute atomic E-state index is 11.4. The lowest BCUT2D eigenvalue weighted by molar-refractivity contribution is -0.148. The summed E-state index contributed by atoms with van der Waals surface area (Å²) in [4.78, 5) is 16.2. The molecule has 96 valence electrons. The Bertz CT molecular complexity index is 300. The van der Waals surface area contributed by atoms with Gasteiger partial charge in [-0.2, -0.15) is 0 Å². The molecule has 0 spiro atoms. The molecule has 2 bridgehead atoms. The molecule has 17 heavy (non-hydrogen) atoms. The van der Waals surface area contributed by atoms with E-state index >= 15 is 0 Å². The quantitative estimate of drug-likeness (QED) is 0.780. The molecule has 0 aliphatic carbocycles. The van der Waals surface area contributed by atoms with E-state index in [1.807, 2.05) is 0 Å². The van der Waals surface area contributed by atoms with Crippen molar-refractivity contribution >= 4 is 5.97 Å². The zero-order chi connectivity index (χ0) is 11.8. The molecule has 4 rings (SSSR count). The summed E-state index contributed by atoms with van der Waals surface area (Å²) in [5.41, 5.74) is 0. The van der Waals surface area contributed by atoms with Gasteiger partial charge in [-0.1, -0.05) is 6.42 Å². The van der Waals surface area contributed by atoms with Crippen molar-refractivity contribution in [1.82, 2.24) is 9.80 Å². The molecule has 4 aliphatic heterocycles. The van der Waals surface area contributed by atoms with Crippen LogP contribution in [0.5, 0.6) is 0 Å². The zero-order valence-electron chi connectivity index (χ0n) is 10.3. The highest BCUT2D eigenvalue weighted by atomic mass is 16.4. The Morgan fingerprint density at radius 3 is 2.41 bits per heavy atom. The molecule has 4 heteroatoms. The third-order valence-corrected chi connectivity index (χ3v) is 4.88. The van der Waals surface area contributed by atoms with Crippen LogP contribution in [0.25, 0.3) is 0 Å². The molecule has 0 radical (unpaired) electrons. The molecule has 2 atom stereocenters. The standard InChI is InChI=1S/C13H22N2O2/c16-13(17)11-3-1-2-6-15(11)12-9-14-7-4-10(12)5-8-14/h10-12H,1-9H2,(H,16,17). The SMILES string of the molecule is O=C(O)C1CCCCN1C1CN2CCC1CC2. The number of hydrogen-bond donors (Lipinski definition) is 1. The molecule has 2 unspecified atom stereocenters. The highest BCUT2D eigenvalue weighted by Crippen LogP contribution is 2.34. The lowest BCUT2D eigenvalue weighted by Gasteiger charge is -2.51. The smallest absolute Gasteiger partial charge is 0.320 e. The molecule has 4 aliphatic rings. The lowest BCUT2D eigenvalue weighted by atomic mass is 9.81. The number of rotatable bonds is 2. The first-order valence-electron chi connectivity index (χ1n) is 6.96. The maximum Gasteiger partial charge on any atom is 0.320 e. The number of carboxylic acid groups (broad SMARTS) is 1. The second kappa shape index (κ2) is 4.58. The van der Waals surface area contributed by atoms with Gasteiger partial charge in [-0.05, 0) is 51.2 Å². The van der Waals surface area contributed by atoms with Gasteiger partial charge in [0.15, 0.2) is 0 Å². The monoisotopic (exact) mass is 238 g/mol. The van der Waals surface area contributed by atoms with Gasteiger partial charge in [-0.3, -0.25) is 9.69 Å². The minimum atomic E-state index is -0.610. The van der Waals surface area contributed by atoms with Crippen LogP contribution in [0.2, 0.25) is 0 Å². The highest BCUT2D eigenvalue weighted by Gasteiger charge is 2.42. The summed E-state index contributed by atoms with van der Waals surface area (Å²) in [5, 5.41) is 9.35. The maximum atomic E-state index is 11.4. The van der Waals surface area contributed by atoms with E-state index in [1.165, 1.54) is 32.4 Å². The Kier molecular flexibility index (Phi) is 3.09. The first-order chi connectivity index (χ1) is 8.25. The lowest BCUT2D eigenvalue weighted by Crippen LogP contribution is -2.61. The number of aliphatic carboxylic acids is 1. The predicted octanol–water partition coefficient (Wildman–Crippen LogP) is 1.02. The van der Waals surface area contributed by atoms with Crippen LogP contribution in [0.15, 0.2) is 0 Å². The minimum absolute atomic E-state index is 0.214. The minimum Gasteiger partial charge on any atom is -0.480 e. The van der Waals surface area contributed by atoms with E-state index in [1.54, 1.807) is 0 Å². The summed E-state index contributed by atoms with van der Waals surface area (Å²) in [7, 11) is 0. The number of carboxylic acids is 1. The van der Waals surface area contributed by atoms with E-state index in [9.17, 15) is 9.90 Å². The van der Waals surface area contributed by atoms with Crippen LogP contribution in [0.1, 0.15) is 32.1 Å². The Morgan fingerprint density at radius 2 is 1.82 bits per heavy atom. The van der Waals surface area contributed by atoms with Crippen LogP contribution in [-0.4, -0.2) is 59.1 Å². The van der Waals surface area contributed by atoms with Crippen molar-refractivity contribution in [2.45, 2.75) is 44.2 Å². The van der Waals surface area contributed by atoms with Gasteiger partial charge in [0, 0.05) is 12.6 Å². The van der Waals surface area contributed by atoms with Crippen LogP contribution in [0, 0.1) is 5.92 Å². The van der Waals surface area contributed by atoms with Crippen molar-refractivity contribution < 1.29 is 9.90 Å². The number of piperidine rings is 4. The third-order valence-electron chi connectivity index (χ3n) is 4.88. The average molecular weight is 238 g/mol. The predicted molar refractivity (Wildman–Crippen MR) is 64.9 cm³/mol. The number of carbonyl (C=O) groups is 1. The first-order valence-corrected chi connectivity index (χ1v) is 6.96. The second-order valence-corrected chi connectivity index (χ2v) is 5.79. The fourth-order valence-electron chi connectivity index (χ4n) is 3.93. The molecule has 0 aromatic carbocycles. The second-order valence-electron chi connectivity index (χ2n) is 5.79. The van der Waals surface area contributed by atoms with E-state index in [2.05, 4.69) is 9.80 Å². The van der Waals surface area contributed by atoms with Gasteiger partial charge in [0.25, 0.3) is 0 Å². The zero-order valence-corrected chi connectivity index (χ0v) is 10.3. The Balaban J connectivity index is 1.75. The van der Waals surface area contributed by atoms with Gasteiger partial charge in [0.2, 0.25) is 0 Å². The van der Waals surface area contributed by atoms with E-state index in [4.69, 9.17) is 0 Å². The van der Waals surface area contributed by atoms with E-state index in [-0.39, 0.29) is 6.04 Å². The highest BCUT2D eigenvalue weighted by molar-refractivity contribution is 5.73. The van der Waals surface area contributed by atoms with Crippen molar-refractivity contribution in [3.05, 3.63) is 0 Å². The van der Waals surface area contributed by atoms with E-state index in [0.717, 1.165) is 31.8 Å². The van der Waals surface area contributed by atoms with E-state index in [0.29, 0.717) is 6.04 Å². The summed E-state index contributed by atoms with van der Waals surface area (Å²) < 4.78 is 0. The number of hydrogen-bond acceptors (Lipinski definition) is 3.